The summed E-state index contributed by atoms with van der Waals surface area (Å²) < 4.78 is 5.98. The molecule has 0 amide bonds. The smallest absolute Gasteiger partial charge is 0.138 e. The van der Waals surface area contributed by atoms with E-state index in [1.54, 1.807) is 0 Å². The van der Waals surface area contributed by atoms with Gasteiger partial charge in [-0.15, -0.1) is 0 Å². The number of hydrogen-bond donors (Lipinski definition) is 0. The third-order valence-electron chi connectivity index (χ3n) is 3.56. The van der Waals surface area contributed by atoms with Crippen LogP contribution in [0.3, 0.4) is 0 Å². The average Bonchev–Trinajstić information content (AvgIpc) is 2.82. The third kappa shape index (κ3) is 2.99. The van der Waals surface area contributed by atoms with Crippen LogP contribution in [-0.2, 0) is 0 Å². The molecule has 0 aliphatic heterocycles. The van der Waals surface area contributed by atoms with Gasteiger partial charge in [0.25, 0.3) is 0 Å². The number of benzene rings is 1. The zero-order chi connectivity index (χ0) is 13.0. The Bertz CT molecular complexity index is 407. The molecule has 0 aromatic heterocycles. The highest BCUT2D eigenvalue weighted by atomic mass is 35.5. The number of halogens is 1. The fourth-order valence-electron chi connectivity index (χ4n) is 2.58. The van der Waals surface area contributed by atoms with Crippen molar-refractivity contribution in [1.82, 2.24) is 4.90 Å². The first-order valence-corrected chi connectivity index (χ1v) is 6.92. The van der Waals surface area contributed by atoms with Gasteiger partial charge in [0.05, 0.1) is 5.02 Å². The van der Waals surface area contributed by atoms with Crippen LogP contribution in [0.1, 0.15) is 26.2 Å². The molecule has 0 heterocycles. The normalized spacial score (nSPS) is 22.8. The first kappa shape index (κ1) is 13.3. The highest BCUT2D eigenvalue weighted by Crippen LogP contribution is 2.31. The lowest BCUT2D eigenvalue weighted by Crippen LogP contribution is -2.29. The molecule has 1 aromatic rings. The number of para-hydroxylation sites is 1. The van der Waals surface area contributed by atoms with Gasteiger partial charge >= 0.3 is 0 Å². The summed E-state index contributed by atoms with van der Waals surface area (Å²) in [5.41, 5.74) is 0. The standard InChI is InChI=1S/C15H20ClNO/c1-3-17(4-2)12-9-10-13(11-12)18-15-8-6-5-7-14(15)16/h3,5-8,12-13H,1,4,9-11H2,2H3. The van der Waals surface area contributed by atoms with Crippen LogP contribution in [-0.4, -0.2) is 23.6 Å². The summed E-state index contributed by atoms with van der Waals surface area (Å²) in [7, 11) is 0. The van der Waals surface area contributed by atoms with E-state index in [-0.39, 0.29) is 6.10 Å². The Morgan fingerprint density at radius 2 is 2.22 bits per heavy atom. The van der Waals surface area contributed by atoms with E-state index in [0.717, 1.165) is 31.6 Å². The fraction of sp³-hybridized carbons (Fsp3) is 0.467. The summed E-state index contributed by atoms with van der Waals surface area (Å²) >= 11 is 6.10. The number of ether oxygens (including phenoxy) is 1. The minimum atomic E-state index is 0.267. The minimum Gasteiger partial charge on any atom is -0.489 e. The lowest BCUT2D eigenvalue weighted by Gasteiger charge is -2.25. The predicted octanol–water partition coefficient (Wildman–Crippen LogP) is 4.11. The van der Waals surface area contributed by atoms with Crippen LogP contribution in [0.4, 0.5) is 0 Å². The lowest BCUT2D eigenvalue weighted by molar-refractivity contribution is 0.193. The molecule has 1 aromatic carbocycles. The Kier molecular flexibility index (Phi) is 4.54. The Morgan fingerprint density at radius 3 is 2.89 bits per heavy atom. The molecule has 0 bridgehead atoms. The van der Waals surface area contributed by atoms with E-state index in [4.69, 9.17) is 16.3 Å². The molecule has 0 N–H and O–H groups in total. The van der Waals surface area contributed by atoms with Gasteiger partial charge in [-0.1, -0.05) is 30.3 Å². The Balaban J connectivity index is 1.94. The molecule has 0 radical (unpaired) electrons. The molecule has 1 aliphatic rings. The SMILES string of the molecule is C=CN(CC)C1CCC(Oc2ccccc2Cl)C1. The van der Waals surface area contributed by atoms with Gasteiger partial charge in [0, 0.05) is 19.0 Å². The van der Waals surface area contributed by atoms with Crippen molar-refractivity contribution in [3.05, 3.63) is 42.1 Å². The fourth-order valence-corrected chi connectivity index (χ4v) is 2.76. The molecule has 2 rings (SSSR count). The van der Waals surface area contributed by atoms with Crippen LogP contribution >= 0.6 is 11.6 Å². The van der Waals surface area contributed by atoms with Crippen LogP contribution in [0.2, 0.25) is 5.02 Å². The topological polar surface area (TPSA) is 12.5 Å². The molecule has 1 aliphatic carbocycles. The van der Waals surface area contributed by atoms with Crippen molar-refractivity contribution in [3.63, 3.8) is 0 Å². The quantitative estimate of drug-likeness (QED) is 0.795. The maximum absolute atomic E-state index is 6.10. The van der Waals surface area contributed by atoms with Gasteiger partial charge in [-0.05, 0) is 38.1 Å². The highest BCUT2D eigenvalue weighted by Gasteiger charge is 2.28. The Hall–Kier alpha value is -1.15. The summed E-state index contributed by atoms with van der Waals surface area (Å²) in [6, 6.07) is 8.23. The zero-order valence-electron chi connectivity index (χ0n) is 10.8. The van der Waals surface area contributed by atoms with Crippen LogP contribution in [0.5, 0.6) is 5.75 Å². The summed E-state index contributed by atoms with van der Waals surface area (Å²) in [5, 5.41) is 0.692. The number of nitrogens with zero attached hydrogens (tertiary/aromatic N) is 1. The van der Waals surface area contributed by atoms with E-state index < -0.39 is 0 Å². The monoisotopic (exact) mass is 265 g/mol. The maximum Gasteiger partial charge on any atom is 0.138 e. The van der Waals surface area contributed by atoms with Gasteiger partial charge in [0.1, 0.15) is 11.9 Å². The van der Waals surface area contributed by atoms with Gasteiger partial charge < -0.3 is 9.64 Å². The van der Waals surface area contributed by atoms with Crippen molar-refractivity contribution < 1.29 is 4.74 Å². The van der Waals surface area contributed by atoms with Gasteiger partial charge in [-0.25, -0.2) is 0 Å². The molecule has 2 atom stereocenters. The largest absolute Gasteiger partial charge is 0.489 e. The van der Waals surface area contributed by atoms with Crippen molar-refractivity contribution in [2.45, 2.75) is 38.3 Å². The second kappa shape index (κ2) is 6.14. The molecule has 1 saturated carbocycles. The molecule has 18 heavy (non-hydrogen) atoms. The molecule has 98 valence electrons. The molecule has 0 spiro atoms. The van der Waals surface area contributed by atoms with E-state index in [1.165, 1.54) is 0 Å². The lowest BCUT2D eigenvalue weighted by atomic mass is 10.2. The van der Waals surface area contributed by atoms with E-state index >= 15 is 0 Å². The van der Waals surface area contributed by atoms with Crippen molar-refractivity contribution in [2.75, 3.05) is 6.54 Å². The van der Waals surface area contributed by atoms with Gasteiger partial charge in [0.15, 0.2) is 0 Å². The molecular formula is C15H20ClNO. The van der Waals surface area contributed by atoms with Crippen molar-refractivity contribution in [3.8, 4) is 5.75 Å². The van der Waals surface area contributed by atoms with E-state index in [0.29, 0.717) is 11.1 Å². The average molecular weight is 266 g/mol. The molecule has 1 fully saturated rings. The van der Waals surface area contributed by atoms with Crippen molar-refractivity contribution in [1.29, 1.82) is 0 Å². The van der Waals surface area contributed by atoms with Crippen molar-refractivity contribution >= 4 is 11.6 Å². The Labute approximate surface area is 114 Å². The summed E-state index contributed by atoms with van der Waals surface area (Å²) in [4.78, 5) is 2.29. The molecule has 2 unspecified atom stereocenters. The second-order valence-corrected chi connectivity index (χ2v) is 5.06. The highest BCUT2D eigenvalue weighted by molar-refractivity contribution is 6.32. The molecule has 3 heteroatoms. The first-order chi connectivity index (χ1) is 8.74. The van der Waals surface area contributed by atoms with E-state index in [2.05, 4.69) is 18.4 Å². The van der Waals surface area contributed by atoms with Gasteiger partial charge in [-0.3, -0.25) is 0 Å². The third-order valence-corrected chi connectivity index (χ3v) is 3.87. The van der Waals surface area contributed by atoms with Crippen LogP contribution < -0.4 is 4.74 Å². The van der Waals surface area contributed by atoms with Gasteiger partial charge in [-0.2, -0.15) is 0 Å². The molecule has 2 nitrogen and oxygen atoms in total. The Morgan fingerprint density at radius 1 is 1.44 bits per heavy atom. The molecular weight excluding hydrogens is 246 g/mol. The summed E-state index contributed by atoms with van der Waals surface area (Å²) in [6.07, 6.45) is 5.49. The van der Waals surface area contributed by atoms with Crippen LogP contribution in [0.15, 0.2) is 37.0 Å². The van der Waals surface area contributed by atoms with E-state index in [9.17, 15) is 0 Å². The van der Waals surface area contributed by atoms with Crippen LogP contribution in [0, 0.1) is 0 Å². The second-order valence-electron chi connectivity index (χ2n) is 4.65. The predicted molar refractivity (Wildman–Crippen MR) is 76.1 cm³/mol. The van der Waals surface area contributed by atoms with E-state index in [1.807, 2.05) is 30.5 Å². The maximum atomic E-state index is 6.10. The number of rotatable bonds is 5. The minimum absolute atomic E-state index is 0.267. The number of hydrogen-bond acceptors (Lipinski definition) is 2. The van der Waals surface area contributed by atoms with Crippen LogP contribution in [0.25, 0.3) is 0 Å². The zero-order valence-corrected chi connectivity index (χ0v) is 11.6. The van der Waals surface area contributed by atoms with Gasteiger partial charge in [0.2, 0.25) is 0 Å². The summed E-state index contributed by atoms with van der Waals surface area (Å²) in [6.45, 7) is 7.03. The van der Waals surface area contributed by atoms with Crippen molar-refractivity contribution in [2.24, 2.45) is 0 Å². The molecule has 0 saturated heterocycles. The first-order valence-electron chi connectivity index (χ1n) is 6.54. The summed E-state index contributed by atoms with van der Waals surface area (Å²) in [5.74, 6) is 0.798.